The SMILES string of the molecule is C1=CC(N2CCN(C3CCCCC3)CC2)=CCC1. The van der Waals surface area contributed by atoms with E-state index in [2.05, 4.69) is 28.0 Å². The third-order valence-corrected chi connectivity index (χ3v) is 4.75. The van der Waals surface area contributed by atoms with Crippen LogP contribution in [-0.4, -0.2) is 42.0 Å². The quantitative estimate of drug-likeness (QED) is 0.738. The number of rotatable bonds is 2. The summed E-state index contributed by atoms with van der Waals surface area (Å²) in [7, 11) is 0. The van der Waals surface area contributed by atoms with Crippen molar-refractivity contribution < 1.29 is 0 Å². The van der Waals surface area contributed by atoms with Crippen molar-refractivity contribution in [2.45, 2.75) is 51.0 Å². The van der Waals surface area contributed by atoms with Crippen LogP contribution < -0.4 is 0 Å². The molecule has 1 heterocycles. The van der Waals surface area contributed by atoms with Gasteiger partial charge in [-0.05, 0) is 31.8 Å². The van der Waals surface area contributed by atoms with Gasteiger partial charge in [-0.25, -0.2) is 0 Å². The van der Waals surface area contributed by atoms with Crippen LogP contribution in [0.5, 0.6) is 0 Å². The van der Waals surface area contributed by atoms with Gasteiger partial charge in [-0.2, -0.15) is 0 Å². The fraction of sp³-hybridized carbons (Fsp3) is 0.750. The minimum atomic E-state index is 0.900. The predicted molar refractivity (Wildman–Crippen MR) is 76.5 cm³/mol. The summed E-state index contributed by atoms with van der Waals surface area (Å²) in [5.74, 6) is 0. The van der Waals surface area contributed by atoms with E-state index in [-0.39, 0.29) is 0 Å². The second-order valence-electron chi connectivity index (χ2n) is 5.92. The molecule has 2 nitrogen and oxygen atoms in total. The van der Waals surface area contributed by atoms with Gasteiger partial charge >= 0.3 is 0 Å². The highest BCUT2D eigenvalue weighted by atomic mass is 15.3. The minimum absolute atomic E-state index is 0.900. The van der Waals surface area contributed by atoms with E-state index in [1.54, 1.807) is 0 Å². The molecule has 2 fully saturated rings. The van der Waals surface area contributed by atoms with E-state index in [0.717, 1.165) is 6.04 Å². The normalized spacial score (nSPS) is 27.3. The van der Waals surface area contributed by atoms with E-state index in [1.165, 1.54) is 76.8 Å². The van der Waals surface area contributed by atoms with Crippen molar-refractivity contribution >= 4 is 0 Å². The lowest BCUT2D eigenvalue weighted by Gasteiger charge is -2.42. The van der Waals surface area contributed by atoms with Crippen LogP contribution in [0.25, 0.3) is 0 Å². The monoisotopic (exact) mass is 246 g/mol. The zero-order valence-corrected chi connectivity index (χ0v) is 11.5. The van der Waals surface area contributed by atoms with Crippen molar-refractivity contribution in [1.29, 1.82) is 0 Å². The Labute approximate surface area is 111 Å². The van der Waals surface area contributed by atoms with Gasteiger partial charge in [-0.15, -0.1) is 0 Å². The average molecular weight is 246 g/mol. The van der Waals surface area contributed by atoms with Gasteiger partial charge in [0.05, 0.1) is 0 Å². The molecule has 1 saturated carbocycles. The van der Waals surface area contributed by atoms with Crippen molar-refractivity contribution in [3.8, 4) is 0 Å². The molecule has 0 bridgehead atoms. The minimum Gasteiger partial charge on any atom is -0.369 e. The molecule has 18 heavy (non-hydrogen) atoms. The zero-order chi connectivity index (χ0) is 12.2. The Bertz CT molecular complexity index is 318. The molecule has 0 spiro atoms. The van der Waals surface area contributed by atoms with Gasteiger partial charge in [0.1, 0.15) is 0 Å². The molecule has 0 aromatic carbocycles. The maximum Gasteiger partial charge on any atom is 0.0323 e. The summed E-state index contributed by atoms with van der Waals surface area (Å²) in [5.41, 5.74) is 1.48. The summed E-state index contributed by atoms with van der Waals surface area (Å²) in [5, 5.41) is 0. The maximum absolute atomic E-state index is 2.75. The number of hydrogen-bond donors (Lipinski definition) is 0. The topological polar surface area (TPSA) is 6.48 Å². The lowest BCUT2D eigenvalue weighted by molar-refractivity contribution is 0.0956. The summed E-state index contributed by atoms with van der Waals surface area (Å²) in [6, 6.07) is 0.900. The smallest absolute Gasteiger partial charge is 0.0323 e. The summed E-state index contributed by atoms with van der Waals surface area (Å²) < 4.78 is 0. The third kappa shape index (κ3) is 2.80. The Morgan fingerprint density at radius 2 is 1.67 bits per heavy atom. The van der Waals surface area contributed by atoms with Gasteiger partial charge in [0.25, 0.3) is 0 Å². The Kier molecular flexibility index (Phi) is 4.04. The molecule has 0 unspecified atom stereocenters. The summed E-state index contributed by atoms with van der Waals surface area (Å²) >= 11 is 0. The van der Waals surface area contributed by atoms with Crippen molar-refractivity contribution in [3.05, 3.63) is 23.9 Å². The standard InChI is InChI=1S/C16H26N2/c1-3-7-15(8-4-1)17-11-13-18(14-12-17)16-9-5-2-6-10-16/h3,7-8,16H,1-2,4-6,9-14H2. The fourth-order valence-corrected chi connectivity index (χ4v) is 3.63. The van der Waals surface area contributed by atoms with Gasteiger partial charge in [0, 0.05) is 37.9 Å². The highest BCUT2D eigenvalue weighted by Crippen LogP contribution is 2.24. The summed E-state index contributed by atoms with van der Waals surface area (Å²) in [4.78, 5) is 5.33. The first-order chi connectivity index (χ1) is 8.93. The van der Waals surface area contributed by atoms with E-state index >= 15 is 0 Å². The van der Waals surface area contributed by atoms with Crippen LogP contribution in [0.4, 0.5) is 0 Å². The van der Waals surface area contributed by atoms with Crippen molar-refractivity contribution in [1.82, 2.24) is 9.80 Å². The Hall–Kier alpha value is -0.760. The molecule has 2 aliphatic carbocycles. The maximum atomic E-state index is 2.75. The molecule has 0 atom stereocenters. The van der Waals surface area contributed by atoms with Crippen molar-refractivity contribution in [2.24, 2.45) is 0 Å². The van der Waals surface area contributed by atoms with Crippen LogP contribution in [0.15, 0.2) is 23.9 Å². The number of piperazine rings is 1. The molecular formula is C16H26N2. The molecule has 0 amide bonds. The Morgan fingerprint density at radius 3 is 2.33 bits per heavy atom. The predicted octanol–water partition coefficient (Wildman–Crippen LogP) is 3.17. The van der Waals surface area contributed by atoms with Crippen LogP contribution in [0, 0.1) is 0 Å². The highest BCUT2D eigenvalue weighted by Gasteiger charge is 2.25. The van der Waals surface area contributed by atoms with Gasteiger partial charge < -0.3 is 4.90 Å². The van der Waals surface area contributed by atoms with Gasteiger partial charge in [-0.3, -0.25) is 4.90 Å². The highest BCUT2D eigenvalue weighted by molar-refractivity contribution is 5.21. The second kappa shape index (κ2) is 5.92. The Balaban J connectivity index is 1.51. The molecule has 0 N–H and O–H groups in total. The molecular weight excluding hydrogens is 220 g/mol. The molecule has 100 valence electrons. The molecule has 0 radical (unpaired) electrons. The first-order valence-electron chi connectivity index (χ1n) is 7.79. The zero-order valence-electron chi connectivity index (χ0n) is 11.5. The van der Waals surface area contributed by atoms with E-state index in [0.29, 0.717) is 0 Å². The number of nitrogens with zero attached hydrogens (tertiary/aromatic N) is 2. The van der Waals surface area contributed by atoms with E-state index in [1.807, 2.05) is 0 Å². The van der Waals surface area contributed by atoms with Gasteiger partial charge in [0.15, 0.2) is 0 Å². The average Bonchev–Trinajstić information content (AvgIpc) is 2.49. The van der Waals surface area contributed by atoms with Gasteiger partial charge in [-0.1, -0.05) is 31.4 Å². The van der Waals surface area contributed by atoms with Gasteiger partial charge in [0.2, 0.25) is 0 Å². The van der Waals surface area contributed by atoms with Crippen LogP contribution in [0.3, 0.4) is 0 Å². The van der Waals surface area contributed by atoms with Crippen molar-refractivity contribution in [2.75, 3.05) is 26.2 Å². The van der Waals surface area contributed by atoms with E-state index in [4.69, 9.17) is 0 Å². The first kappa shape index (κ1) is 12.3. The molecule has 3 rings (SSSR count). The molecule has 0 aromatic heterocycles. The van der Waals surface area contributed by atoms with Crippen LogP contribution in [0.1, 0.15) is 44.9 Å². The fourth-order valence-electron chi connectivity index (χ4n) is 3.63. The largest absolute Gasteiger partial charge is 0.369 e. The third-order valence-electron chi connectivity index (χ3n) is 4.75. The number of hydrogen-bond acceptors (Lipinski definition) is 2. The first-order valence-corrected chi connectivity index (χ1v) is 7.79. The molecule has 0 aromatic rings. The van der Waals surface area contributed by atoms with Crippen LogP contribution >= 0.6 is 0 Å². The number of allylic oxidation sites excluding steroid dienone is 3. The summed E-state index contributed by atoms with van der Waals surface area (Å²) in [6.45, 7) is 5.00. The summed E-state index contributed by atoms with van der Waals surface area (Å²) in [6.07, 6.45) is 16.8. The molecule has 1 saturated heterocycles. The molecule has 3 aliphatic rings. The van der Waals surface area contributed by atoms with Crippen LogP contribution in [0.2, 0.25) is 0 Å². The van der Waals surface area contributed by atoms with Crippen LogP contribution in [-0.2, 0) is 0 Å². The molecule has 1 aliphatic heterocycles. The van der Waals surface area contributed by atoms with E-state index < -0.39 is 0 Å². The Morgan fingerprint density at radius 1 is 0.889 bits per heavy atom. The lowest BCUT2D eigenvalue weighted by Crippen LogP contribution is -2.50. The molecule has 2 heteroatoms. The van der Waals surface area contributed by atoms with E-state index in [9.17, 15) is 0 Å². The van der Waals surface area contributed by atoms with Crippen molar-refractivity contribution in [3.63, 3.8) is 0 Å². The lowest BCUT2D eigenvalue weighted by atomic mass is 9.94. The second-order valence-corrected chi connectivity index (χ2v) is 5.92.